The molecule has 1 heterocycles. The van der Waals surface area contributed by atoms with E-state index >= 15 is 0 Å². The number of piperidine rings is 1. The van der Waals surface area contributed by atoms with Gasteiger partial charge >= 0.3 is 5.97 Å². The van der Waals surface area contributed by atoms with Crippen molar-refractivity contribution in [1.29, 1.82) is 0 Å². The minimum atomic E-state index is -0.850. The molecule has 1 saturated heterocycles. The molecule has 0 bridgehead atoms. The molecule has 2 atom stereocenters. The first-order chi connectivity index (χ1) is 8.13. The summed E-state index contributed by atoms with van der Waals surface area (Å²) in [5.41, 5.74) is 0. The lowest BCUT2D eigenvalue weighted by molar-refractivity contribution is -0.141. The van der Waals surface area contributed by atoms with Crippen LogP contribution in [0.2, 0.25) is 0 Å². The van der Waals surface area contributed by atoms with Crippen LogP contribution in [0, 0.1) is 0 Å². The third kappa shape index (κ3) is 5.48. The van der Waals surface area contributed by atoms with E-state index in [1.165, 1.54) is 26.4 Å². The highest BCUT2D eigenvalue weighted by molar-refractivity contribution is 5.73. The zero-order valence-corrected chi connectivity index (χ0v) is 10.8. The third-order valence-corrected chi connectivity index (χ3v) is 3.10. The molecule has 1 rings (SSSR count). The van der Waals surface area contributed by atoms with Gasteiger partial charge in [-0.3, -0.25) is 10.1 Å². The molecule has 1 aliphatic rings. The Morgan fingerprint density at radius 2 is 2.06 bits per heavy atom. The first-order valence-electron chi connectivity index (χ1n) is 6.33. The van der Waals surface area contributed by atoms with Gasteiger partial charge in [0.15, 0.2) is 0 Å². The van der Waals surface area contributed by atoms with E-state index in [-0.39, 0.29) is 12.6 Å². The normalized spacial score (nSPS) is 21.1. The number of ether oxygens (including phenoxy) is 1. The van der Waals surface area contributed by atoms with E-state index in [0.29, 0.717) is 0 Å². The number of hydrogen-bond donors (Lipinski definition) is 2. The van der Waals surface area contributed by atoms with Crippen molar-refractivity contribution < 1.29 is 14.6 Å². The Kier molecular flexibility index (Phi) is 6.47. The largest absolute Gasteiger partial charge is 0.480 e. The van der Waals surface area contributed by atoms with Crippen molar-refractivity contribution in [3.8, 4) is 0 Å². The smallest absolute Gasteiger partial charge is 0.323 e. The van der Waals surface area contributed by atoms with E-state index in [0.717, 1.165) is 19.6 Å². The first kappa shape index (κ1) is 14.4. The van der Waals surface area contributed by atoms with Crippen LogP contribution in [0.4, 0.5) is 0 Å². The van der Waals surface area contributed by atoms with Crippen LogP contribution in [0.3, 0.4) is 0 Å². The number of nitrogens with zero attached hydrogens (tertiary/aromatic N) is 1. The van der Waals surface area contributed by atoms with Crippen LogP contribution in [0.25, 0.3) is 0 Å². The highest BCUT2D eigenvalue weighted by Crippen LogP contribution is 2.08. The second-order valence-corrected chi connectivity index (χ2v) is 4.78. The van der Waals surface area contributed by atoms with Gasteiger partial charge in [-0.2, -0.15) is 0 Å². The standard InChI is InChI=1S/C12H24N2O3/c1-10(8-14-6-4-3-5-7-14)13-11(9-17-2)12(15)16/h10-11,13H,3-9H2,1-2H3,(H,15,16). The highest BCUT2D eigenvalue weighted by atomic mass is 16.5. The zero-order valence-electron chi connectivity index (χ0n) is 10.8. The second kappa shape index (κ2) is 7.63. The molecule has 0 amide bonds. The molecule has 2 N–H and O–H groups in total. The van der Waals surface area contributed by atoms with Crippen molar-refractivity contribution in [1.82, 2.24) is 10.2 Å². The molecule has 0 aromatic rings. The van der Waals surface area contributed by atoms with Gasteiger partial charge in [-0.1, -0.05) is 6.42 Å². The Bertz CT molecular complexity index is 230. The van der Waals surface area contributed by atoms with E-state index in [4.69, 9.17) is 9.84 Å². The van der Waals surface area contributed by atoms with Gasteiger partial charge in [-0.05, 0) is 32.9 Å². The Morgan fingerprint density at radius 1 is 1.41 bits per heavy atom. The van der Waals surface area contributed by atoms with E-state index in [1.54, 1.807) is 0 Å². The van der Waals surface area contributed by atoms with E-state index in [1.807, 2.05) is 6.92 Å². The number of aliphatic carboxylic acids is 1. The monoisotopic (exact) mass is 244 g/mol. The number of carbonyl (C=O) groups is 1. The number of rotatable bonds is 7. The summed E-state index contributed by atoms with van der Waals surface area (Å²) in [6, 6.07) is -0.441. The van der Waals surface area contributed by atoms with Gasteiger partial charge in [0.2, 0.25) is 0 Å². The fourth-order valence-electron chi connectivity index (χ4n) is 2.28. The Balaban J connectivity index is 2.30. The maximum atomic E-state index is 11.0. The zero-order chi connectivity index (χ0) is 12.7. The van der Waals surface area contributed by atoms with Gasteiger partial charge in [0.1, 0.15) is 6.04 Å². The first-order valence-corrected chi connectivity index (χ1v) is 6.33. The molecule has 5 nitrogen and oxygen atoms in total. The fraction of sp³-hybridized carbons (Fsp3) is 0.917. The summed E-state index contributed by atoms with van der Waals surface area (Å²) in [5, 5.41) is 12.1. The minimum Gasteiger partial charge on any atom is -0.480 e. The van der Waals surface area contributed by atoms with Gasteiger partial charge in [0, 0.05) is 19.7 Å². The Labute approximate surface area is 103 Å². The van der Waals surface area contributed by atoms with Crippen molar-refractivity contribution in [3.05, 3.63) is 0 Å². The lowest BCUT2D eigenvalue weighted by Gasteiger charge is -2.30. The number of likely N-dealkylation sites (tertiary alicyclic amines) is 1. The molecule has 0 aromatic heterocycles. The minimum absolute atomic E-state index is 0.171. The van der Waals surface area contributed by atoms with E-state index in [9.17, 15) is 4.79 Å². The molecule has 5 heteroatoms. The summed E-state index contributed by atoms with van der Waals surface area (Å²) in [5.74, 6) is -0.850. The van der Waals surface area contributed by atoms with Crippen LogP contribution in [-0.2, 0) is 9.53 Å². The van der Waals surface area contributed by atoms with Gasteiger partial charge in [-0.15, -0.1) is 0 Å². The maximum absolute atomic E-state index is 11.0. The van der Waals surface area contributed by atoms with Crippen molar-refractivity contribution in [3.63, 3.8) is 0 Å². The van der Waals surface area contributed by atoms with E-state index < -0.39 is 12.0 Å². The molecule has 1 fully saturated rings. The van der Waals surface area contributed by atoms with Crippen LogP contribution >= 0.6 is 0 Å². The van der Waals surface area contributed by atoms with Crippen LogP contribution in [0.15, 0.2) is 0 Å². The lowest BCUT2D eigenvalue weighted by Crippen LogP contribution is -2.49. The predicted octanol–water partition coefficient (Wildman–Crippen LogP) is 0.550. The van der Waals surface area contributed by atoms with Crippen molar-refractivity contribution >= 4 is 5.97 Å². The molecule has 0 aliphatic carbocycles. The van der Waals surface area contributed by atoms with Crippen LogP contribution in [-0.4, -0.2) is 61.4 Å². The summed E-state index contributed by atoms with van der Waals surface area (Å²) in [6.45, 7) is 5.41. The molecule has 1 aliphatic heterocycles. The maximum Gasteiger partial charge on any atom is 0.323 e. The number of carboxylic acids is 1. The molecule has 0 saturated carbocycles. The Morgan fingerprint density at radius 3 is 2.59 bits per heavy atom. The van der Waals surface area contributed by atoms with Crippen LogP contribution in [0.5, 0.6) is 0 Å². The number of methoxy groups -OCH3 is 1. The summed E-state index contributed by atoms with van der Waals surface area (Å²) in [4.78, 5) is 13.4. The predicted molar refractivity (Wildman–Crippen MR) is 66.2 cm³/mol. The topological polar surface area (TPSA) is 61.8 Å². The SMILES string of the molecule is COCC(NC(C)CN1CCCCC1)C(=O)O. The number of hydrogen-bond acceptors (Lipinski definition) is 4. The third-order valence-electron chi connectivity index (χ3n) is 3.10. The fourth-order valence-corrected chi connectivity index (χ4v) is 2.28. The Hall–Kier alpha value is -0.650. The summed E-state index contributed by atoms with van der Waals surface area (Å²) >= 11 is 0. The quantitative estimate of drug-likeness (QED) is 0.685. The van der Waals surface area contributed by atoms with Crippen molar-refractivity contribution in [2.45, 2.75) is 38.3 Å². The summed E-state index contributed by atoms with van der Waals surface area (Å²) < 4.78 is 4.90. The molecular formula is C12H24N2O3. The number of carboxylic acid groups (broad SMARTS) is 1. The highest BCUT2D eigenvalue weighted by Gasteiger charge is 2.21. The van der Waals surface area contributed by atoms with E-state index in [2.05, 4.69) is 10.2 Å². The molecule has 0 aromatic carbocycles. The van der Waals surface area contributed by atoms with Crippen LogP contribution in [0.1, 0.15) is 26.2 Å². The van der Waals surface area contributed by atoms with Crippen molar-refractivity contribution in [2.75, 3.05) is 33.4 Å². The molecule has 2 unspecified atom stereocenters. The molecule has 17 heavy (non-hydrogen) atoms. The number of nitrogens with one attached hydrogen (secondary N) is 1. The second-order valence-electron chi connectivity index (χ2n) is 4.78. The molecule has 0 radical (unpaired) electrons. The van der Waals surface area contributed by atoms with Gasteiger partial charge in [0.05, 0.1) is 6.61 Å². The molecule has 100 valence electrons. The van der Waals surface area contributed by atoms with Crippen molar-refractivity contribution in [2.24, 2.45) is 0 Å². The molecule has 0 spiro atoms. The lowest BCUT2D eigenvalue weighted by atomic mass is 10.1. The van der Waals surface area contributed by atoms with Gasteiger partial charge < -0.3 is 14.7 Å². The van der Waals surface area contributed by atoms with Crippen LogP contribution < -0.4 is 5.32 Å². The molecular weight excluding hydrogens is 220 g/mol. The summed E-state index contributed by atoms with van der Waals surface area (Å²) in [6.07, 6.45) is 3.83. The average Bonchev–Trinajstić information content (AvgIpc) is 2.29. The average molecular weight is 244 g/mol. The van der Waals surface area contributed by atoms with Gasteiger partial charge in [-0.25, -0.2) is 0 Å². The summed E-state index contributed by atoms with van der Waals surface area (Å²) in [7, 11) is 1.52. The van der Waals surface area contributed by atoms with Gasteiger partial charge in [0.25, 0.3) is 0 Å².